The van der Waals surface area contributed by atoms with Gasteiger partial charge in [-0.05, 0) is 36.4 Å². The zero-order valence-electron chi connectivity index (χ0n) is 13.6. The van der Waals surface area contributed by atoms with E-state index < -0.39 is 0 Å². The molecule has 2 aromatic carbocycles. The lowest BCUT2D eigenvalue weighted by atomic mass is 10.2. The monoisotopic (exact) mass is 334 g/mol. The van der Waals surface area contributed by atoms with Gasteiger partial charge in [0.15, 0.2) is 0 Å². The van der Waals surface area contributed by atoms with Crippen LogP contribution in [0.2, 0.25) is 0 Å². The summed E-state index contributed by atoms with van der Waals surface area (Å²) < 4.78 is 5.84. The van der Waals surface area contributed by atoms with Gasteiger partial charge >= 0.3 is 0 Å². The van der Waals surface area contributed by atoms with Gasteiger partial charge in [-0.2, -0.15) is 0 Å². The van der Waals surface area contributed by atoms with Gasteiger partial charge in [0.2, 0.25) is 0 Å². The standard InChI is InChI=1S/C20H18N2O3/c23-15-7-6-14-12-19(21-18(14)13-15)20(24)22-10-8-17(9-11-22)25-16-4-2-1-3-5-16/h1-8,12-13,21,23H,9-11H2. The molecule has 0 atom stereocenters. The number of fused-ring (bicyclic) bond motifs is 1. The first-order chi connectivity index (χ1) is 12.2. The molecular weight excluding hydrogens is 316 g/mol. The van der Waals surface area contributed by atoms with Crippen LogP contribution in [0.25, 0.3) is 10.9 Å². The minimum atomic E-state index is -0.0503. The molecule has 0 bridgehead atoms. The van der Waals surface area contributed by atoms with Crippen LogP contribution in [-0.4, -0.2) is 34.0 Å². The number of H-pyrrole nitrogens is 1. The Hall–Kier alpha value is -3.21. The summed E-state index contributed by atoms with van der Waals surface area (Å²) in [6.07, 6.45) is 2.63. The van der Waals surface area contributed by atoms with Crippen molar-refractivity contribution in [1.29, 1.82) is 0 Å². The van der Waals surface area contributed by atoms with E-state index in [2.05, 4.69) is 4.98 Å². The van der Waals surface area contributed by atoms with E-state index >= 15 is 0 Å². The Morgan fingerprint density at radius 2 is 1.96 bits per heavy atom. The maximum atomic E-state index is 12.7. The van der Waals surface area contributed by atoms with Gasteiger partial charge in [0, 0.05) is 36.5 Å². The van der Waals surface area contributed by atoms with Crippen LogP contribution < -0.4 is 4.74 Å². The molecule has 1 aromatic heterocycles. The van der Waals surface area contributed by atoms with Gasteiger partial charge in [-0.15, -0.1) is 0 Å². The lowest BCUT2D eigenvalue weighted by Crippen LogP contribution is -2.35. The molecule has 2 N–H and O–H groups in total. The third-order valence-corrected chi connectivity index (χ3v) is 4.28. The fourth-order valence-electron chi connectivity index (χ4n) is 2.97. The average molecular weight is 334 g/mol. The fourth-order valence-corrected chi connectivity index (χ4v) is 2.97. The second-order valence-electron chi connectivity index (χ2n) is 6.04. The Morgan fingerprint density at radius 3 is 2.72 bits per heavy atom. The fraction of sp³-hybridized carbons (Fsp3) is 0.150. The molecule has 0 saturated carbocycles. The van der Waals surface area contributed by atoms with Crippen molar-refractivity contribution in [3.8, 4) is 11.5 Å². The van der Waals surface area contributed by atoms with Crippen molar-refractivity contribution >= 4 is 16.8 Å². The molecule has 0 saturated heterocycles. The third kappa shape index (κ3) is 3.21. The number of aromatic hydroxyl groups is 1. The van der Waals surface area contributed by atoms with Crippen LogP contribution in [-0.2, 0) is 0 Å². The molecule has 0 radical (unpaired) electrons. The number of aromatic amines is 1. The van der Waals surface area contributed by atoms with Gasteiger partial charge in [-0.25, -0.2) is 0 Å². The van der Waals surface area contributed by atoms with Crippen molar-refractivity contribution in [1.82, 2.24) is 9.88 Å². The van der Waals surface area contributed by atoms with Gasteiger partial charge < -0.3 is 19.7 Å². The van der Waals surface area contributed by atoms with E-state index in [1.807, 2.05) is 42.5 Å². The number of nitrogens with one attached hydrogen (secondary N) is 1. The van der Waals surface area contributed by atoms with Crippen LogP contribution in [0.15, 0.2) is 66.4 Å². The molecule has 3 aromatic rings. The zero-order chi connectivity index (χ0) is 17.2. The first-order valence-corrected chi connectivity index (χ1v) is 8.22. The van der Waals surface area contributed by atoms with E-state index in [1.165, 1.54) is 0 Å². The molecule has 5 heteroatoms. The van der Waals surface area contributed by atoms with Crippen LogP contribution in [0, 0.1) is 0 Å². The number of aromatic nitrogens is 1. The van der Waals surface area contributed by atoms with Gasteiger partial charge in [-0.1, -0.05) is 18.2 Å². The molecule has 2 heterocycles. The Kier molecular flexibility index (Phi) is 3.90. The topological polar surface area (TPSA) is 65.6 Å². The van der Waals surface area contributed by atoms with E-state index in [-0.39, 0.29) is 11.7 Å². The molecule has 1 aliphatic rings. The van der Waals surface area contributed by atoms with E-state index in [0.29, 0.717) is 25.2 Å². The van der Waals surface area contributed by atoms with E-state index in [9.17, 15) is 9.90 Å². The van der Waals surface area contributed by atoms with Crippen molar-refractivity contribution < 1.29 is 14.6 Å². The molecule has 126 valence electrons. The van der Waals surface area contributed by atoms with Gasteiger partial charge in [0.05, 0.1) is 0 Å². The summed E-state index contributed by atoms with van der Waals surface area (Å²) in [6.45, 7) is 1.12. The Labute approximate surface area is 145 Å². The molecule has 0 unspecified atom stereocenters. The SMILES string of the molecule is O=C(c1cc2ccc(O)cc2[nH]1)N1CC=C(Oc2ccccc2)CC1. The van der Waals surface area contributed by atoms with Crippen molar-refractivity contribution in [2.75, 3.05) is 13.1 Å². The van der Waals surface area contributed by atoms with Crippen LogP contribution >= 0.6 is 0 Å². The van der Waals surface area contributed by atoms with Crippen LogP contribution in [0.3, 0.4) is 0 Å². The van der Waals surface area contributed by atoms with Crippen molar-refractivity contribution in [3.05, 3.63) is 72.1 Å². The quantitative estimate of drug-likeness (QED) is 0.768. The maximum absolute atomic E-state index is 12.7. The molecule has 1 amide bonds. The smallest absolute Gasteiger partial charge is 0.270 e. The summed E-state index contributed by atoms with van der Waals surface area (Å²) in [7, 11) is 0. The first kappa shape index (κ1) is 15.3. The van der Waals surface area contributed by atoms with E-state index in [1.54, 1.807) is 23.1 Å². The predicted molar refractivity (Wildman–Crippen MR) is 95.6 cm³/mol. The summed E-state index contributed by atoms with van der Waals surface area (Å²) in [5.41, 5.74) is 1.28. The molecular formula is C20H18N2O3. The summed E-state index contributed by atoms with van der Waals surface area (Å²) in [4.78, 5) is 17.5. The largest absolute Gasteiger partial charge is 0.508 e. The lowest BCUT2D eigenvalue weighted by molar-refractivity contribution is 0.0756. The van der Waals surface area contributed by atoms with E-state index in [4.69, 9.17) is 4.74 Å². The van der Waals surface area contributed by atoms with Crippen LogP contribution in [0.5, 0.6) is 11.5 Å². The Morgan fingerprint density at radius 1 is 1.12 bits per heavy atom. The summed E-state index contributed by atoms with van der Waals surface area (Å²) >= 11 is 0. The first-order valence-electron chi connectivity index (χ1n) is 8.22. The Bertz CT molecular complexity index is 944. The molecule has 0 fully saturated rings. The predicted octanol–water partition coefficient (Wildman–Crippen LogP) is 3.68. The third-order valence-electron chi connectivity index (χ3n) is 4.28. The van der Waals surface area contributed by atoms with E-state index in [0.717, 1.165) is 22.4 Å². The molecule has 1 aliphatic heterocycles. The van der Waals surface area contributed by atoms with Gasteiger partial charge in [-0.3, -0.25) is 4.79 Å². The minimum Gasteiger partial charge on any atom is -0.508 e. The highest BCUT2D eigenvalue weighted by molar-refractivity contribution is 5.98. The number of hydrogen-bond donors (Lipinski definition) is 2. The van der Waals surface area contributed by atoms with Crippen LogP contribution in [0.1, 0.15) is 16.9 Å². The molecule has 0 aliphatic carbocycles. The normalized spacial score (nSPS) is 14.4. The summed E-state index contributed by atoms with van der Waals surface area (Å²) in [6, 6.07) is 16.5. The number of nitrogens with zero attached hydrogens (tertiary/aromatic N) is 1. The number of para-hydroxylation sites is 1. The summed E-state index contributed by atoms with van der Waals surface area (Å²) in [5.74, 6) is 1.82. The highest BCUT2D eigenvalue weighted by Gasteiger charge is 2.21. The second kappa shape index (κ2) is 6.36. The van der Waals surface area contributed by atoms with Crippen molar-refractivity contribution in [2.45, 2.75) is 6.42 Å². The zero-order valence-corrected chi connectivity index (χ0v) is 13.6. The maximum Gasteiger partial charge on any atom is 0.270 e. The van der Waals surface area contributed by atoms with Crippen molar-refractivity contribution in [3.63, 3.8) is 0 Å². The lowest BCUT2D eigenvalue weighted by Gasteiger charge is -2.26. The van der Waals surface area contributed by atoms with Crippen LogP contribution in [0.4, 0.5) is 0 Å². The average Bonchev–Trinajstić information content (AvgIpc) is 3.06. The number of benzene rings is 2. The number of amides is 1. The number of phenols is 1. The molecule has 0 spiro atoms. The Balaban J connectivity index is 1.46. The number of ether oxygens (including phenoxy) is 1. The number of rotatable bonds is 3. The highest BCUT2D eigenvalue weighted by atomic mass is 16.5. The number of hydrogen-bond acceptors (Lipinski definition) is 3. The number of phenolic OH excluding ortho intramolecular Hbond substituents is 1. The second-order valence-corrected chi connectivity index (χ2v) is 6.04. The number of carbonyl (C=O) groups is 1. The molecule has 5 nitrogen and oxygen atoms in total. The minimum absolute atomic E-state index is 0.0503. The van der Waals surface area contributed by atoms with Gasteiger partial charge in [0.25, 0.3) is 5.91 Å². The highest BCUT2D eigenvalue weighted by Crippen LogP contribution is 2.23. The molecule has 25 heavy (non-hydrogen) atoms. The van der Waals surface area contributed by atoms with Crippen molar-refractivity contribution in [2.24, 2.45) is 0 Å². The molecule has 4 rings (SSSR count). The van der Waals surface area contributed by atoms with Gasteiger partial charge in [0.1, 0.15) is 23.0 Å². The summed E-state index contributed by atoms with van der Waals surface area (Å²) in [5, 5.41) is 10.4. The number of carbonyl (C=O) groups excluding carboxylic acids is 1.